The molecule has 0 atom stereocenters. The number of pyridine rings is 1. The van der Waals surface area contributed by atoms with Crippen molar-refractivity contribution in [3.05, 3.63) is 69.5 Å². The summed E-state index contributed by atoms with van der Waals surface area (Å²) in [7, 11) is 0. The zero-order valence-corrected chi connectivity index (χ0v) is 13.5. The largest absolute Gasteiger partial charge is 0.328 e. The number of nitrogens with one attached hydrogen (secondary N) is 2. The number of hydrogen-bond acceptors (Lipinski definition) is 5. The summed E-state index contributed by atoms with van der Waals surface area (Å²) in [5.74, 6) is -0.261. The van der Waals surface area contributed by atoms with Crippen molar-refractivity contribution in [2.24, 2.45) is 4.99 Å². The van der Waals surface area contributed by atoms with Crippen molar-refractivity contribution >= 4 is 34.2 Å². The van der Waals surface area contributed by atoms with Crippen LogP contribution in [0.2, 0.25) is 0 Å². The number of carbonyl (C=O) groups excluding carboxylic acids is 1. The molecule has 0 spiro atoms. The molecule has 2 aliphatic heterocycles. The van der Waals surface area contributed by atoms with Crippen molar-refractivity contribution in [3.8, 4) is 0 Å². The Bertz CT molecular complexity index is 894. The van der Waals surface area contributed by atoms with E-state index in [0.29, 0.717) is 11.3 Å². The second kappa shape index (κ2) is 6.01. The number of anilines is 1. The quantitative estimate of drug-likeness (QED) is 0.900. The second-order valence-electron chi connectivity index (χ2n) is 5.41. The molecule has 6 nitrogen and oxygen atoms in total. The van der Waals surface area contributed by atoms with Gasteiger partial charge in [0.05, 0.1) is 17.8 Å². The van der Waals surface area contributed by atoms with Gasteiger partial charge in [-0.2, -0.15) is 0 Å². The van der Waals surface area contributed by atoms with Gasteiger partial charge in [0.15, 0.2) is 5.17 Å². The summed E-state index contributed by atoms with van der Waals surface area (Å²) in [6, 6.07) is 10.5. The van der Waals surface area contributed by atoms with Crippen molar-refractivity contribution in [1.82, 2.24) is 9.88 Å². The van der Waals surface area contributed by atoms with Gasteiger partial charge in [0.25, 0.3) is 5.91 Å². The molecule has 3 heterocycles. The predicted molar refractivity (Wildman–Crippen MR) is 96.0 cm³/mol. The standard InChI is InChI=1S/C17H14N4O2S/c22-15-6-3-12(9-19-15)16(23)20-13-4-1-11(2-5-13)14-10-24-17-18-7-8-21(14)17/h1-6,9-10H,7-8H2,(H,19,22)(H,20,23). The third-order valence-corrected chi connectivity index (χ3v) is 4.75. The van der Waals surface area contributed by atoms with E-state index >= 15 is 0 Å². The van der Waals surface area contributed by atoms with Gasteiger partial charge in [-0.05, 0) is 23.8 Å². The molecular formula is C17H14N4O2S. The minimum absolute atomic E-state index is 0.233. The molecule has 1 amide bonds. The van der Waals surface area contributed by atoms with Crippen LogP contribution in [0, 0.1) is 0 Å². The Kier molecular flexibility index (Phi) is 3.70. The second-order valence-corrected chi connectivity index (χ2v) is 6.25. The molecule has 2 aliphatic rings. The average Bonchev–Trinajstić information content (AvgIpc) is 3.20. The number of hydrogen-bond donors (Lipinski definition) is 2. The predicted octanol–water partition coefficient (Wildman–Crippen LogP) is 2.34. The molecule has 2 aromatic rings. The lowest BCUT2D eigenvalue weighted by Gasteiger charge is -2.16. The van der Waals surface area contributed by atoms with Gasteiger partial charge in [0.2, 0.25) is 5.56 Å². The summed E-state index contributed by atoms with van der Waals surface area (Å²) in [6.07, 6.45) is 1.40. The molecule has 1 aromatic carbocycles. The average molecular weight is 338 g/mol. The summed E-state index contributed by atoms with van der Waals surface area (Å²) in [6.45, 7) is 1.76. The van der Waals surface area contributed by atoms with E-state index in [9.17, 15) is 9.59 Å². The van der Waals surface area contributed by atoms with Crippen LogP contribution < -0.4 is 10.9 Å². The van der Waals surface area contributed by atoms with Crippen LogP contribution in [0.4, 0.5) is 5.69 Å². The van der Waals surface area contributed by atoms with Crippen LogP contribution >= 0.6 is 11.8 Å². The maximum atomic E-state index is 12.1. The fraction of sp³-hybridized carbons (Fsp3) is 0.118. The first-order valence-electron chi connectivity index (χ1n) is 7.50. The van der Waals surface area contributed by atoms with E-state index < -0.39 is 0 Å². The Morgan fingerprint density at radius 2 is 2.04 bits per heavy atom. The number of aromatic nitrogens is 1. The SMILES string of the molecule is O=C(Nc1ccc(C2=CSC3=NCCN23)cc1)c1ccc(=O)[nH]c1. The number of benzene rings is 1. The minimum atomic E-state index is -0.261. The smallest absolute Gasteiger partial charge is 0.257 e. The van der Waals surface area contributed by atoms with Gasteiger partial charge >= 0.3 is 0 Å². The lowest BCUT2D eigenvalue weighted by atomic mass is 10.1. The molecule has 0 fully saturated rings. The van der Waals surface area contributed by atoms with Crippen LogP contribution in [0.5, 0.6) is 0 Å². The van der Waals surface area contributed by atoms with Crippen LogP contribution in [-0.2, 0) is 0 Å². The topological polar surface area (TPSA) is 77.6 Å². The molecule has 0 unspecified atom stereocenters. The van der Waals surface area contributed by atoms with E-state index in [4.69, 9.17) is 0 Å². The van der Waals surface area contributed by atoms with E-state index in [1.54, 1.807) is 11.8 Å². The van der Waals surface area contributed by atoms with E-state index in [1.807, 2.05) is 24.3 Å². The number of H-pyrrole nitrogens is 1. The van der Waals surface area contributed by atoms with Gasteiger partial charge in [-0.15, -0.1) is 0 Å². The number of amidine groups is 1. The van der Waals surface area contributed by atoms with Crippen LogP contribution in [0.15, 0.2) is 57.8 Å². The molecule has 2 N–H and O–H groups in total. The molecule has 24 heavy (non-hydrogen) atoms. The third kappa shape index (κ3) is 2.74. The highest BCUT2D eigenvalue weighted by atomic mass is 32.2. The first kappa shape index (κ1) is 14.8. The van der Waals surface area contributed by atoms with Gasteiger partial charge in [0, 0.05) is 29.9 Å². The number of fused-ring (bicyclic) bond motifs is 1. The number of aliphatic imine (C=N–C) groups is 1. The minimum Gasteiger partial charge on any atom is -0.328 e. The molecule has 0 saturated heterocycles. The van der Waals surface area contributed by atoms with Gasteiger partial charge < -0.3 is 15.2 Å². The highest BCUT2D eigenvalue weighted by Crippen LogP contribution is 2.35. The van der Waals surface area contributed by atoms with Gasteiger partial charge in [-0.3, -0.25) is 14.6 Å². The highest BCUT2D eigenvalue weighted by Gasteiger charge is 2.26. The number of thioether (sulfide) groups is 1. The lowest BCUT2D eigenvalue weighted by molar-refractivity contribution is 0.102. The zero-order valence-electron chi connectivity index (χ0n) is 12.7. The first-order chi connectivity index (χ1) is 11.7. The molecule has 1 aromatic heterocycles. The van der Waals surface area contributed by atoms with Crippen LogP contribution in [0.3, 0.4) is 0 Å². The summed E-state index contributed by atoms with van der Waals surface area (Å²) in [4.78, 5) is 32.3. The fourth-order valence-electron chi connectivity index (χ4n) is 2.63. The normalized spacial score (nSPS) is 15.8. The summed E-state index contributed by atoms with van der Waals surface area (Å²) < 4.78 is 0. The number of amides is 1. The summed E-state index contributed by atoms with van der Waals surface area (Å²) in [5, 5.41) is 5.98. The summed E-state index contributed by atoms with van der Waals surface area (Å²) >= 11 is 1.64. The Morgan fingerprint density at radius 3 is 2.79 bits per heavy atom. The monoisotopic (exact) mass is 338 g/mol. The molecule has 0 aliphatic carbocycles. The molecule has 0 radical (unpaired) electrons. The first-order valence-corrected chi connectivity index (χ1v) is 8.38. The molecule has 120 valence electrons. The van der Waals surface area contributed by atoms with Crippen molar-refractivity contribution in [2.75, 3.05) is 18.4 Å². The molecule has 7 heteroatoms. The van der Waals surface area contributed by atoms with E-state index in [0.717, 1.165) is 29.5 Å². The number of carbonyl (C=O) groups is 1. The van der Waals surface area contributed by atoms with Gasteiger partial charge in [-0.1, -0.05) is 23.9 Å². The highest BCUT2D eigenvalue weighted by molar-refractivity contribution is 8.16. The maximum Gasteiger partial charge on any atom is 0.257 e. The Morgan fingerprint density at radius 1 is 1.21 bits per heavy atom. The van der Waals surface area contributed by atoms with Crippen LogP contribution in [0.25, 0.3) is 5.70 Å². The summed E-state index contributed by atoms with van der Waals surface area (Å²) in [5.41, 5.74) is 3.12. The molecule has 4 rings (SSSR count). The third-order valence-electron chi connectivity index (χ3n) is 3.85. The number of rotatable bonds is 3. The fourth-order valence-corrected chi connectivity index (χ4v) is 3.59. The van der Waals surface area contributed by atoms with Gasteiger partial charge in [0.1, 0.15) is 0 Å². The number of nitrogens with zero attached hydrogens (tertiary/aromatic N) is 2. The van der Waals surface area contributed by atoms with Crippen LogP contribution in [0.1, 0.15) is 15.9 Å². The van der Waals surface area contributed by atoms with Crippen molar-refractivity contribution in [3.63, 3.8) is 0 Å². The Labute approximate surface area is 142 Å². The van der Waals surface area contributed by atoms with Crippen LogP contribution in [-0.4, -0.2) is 34.0 Å². The van der Waals surface area contributed by atoms with E-state index in [-0.39, 0.29) is 11.5 Å². The maximum absolute atomic E-state index is 12.1. The Balaban J connectivity index is 1.48. The van der Waals surface area contributed by atoms with E-state index in [2.05, 4.69) is 25.6 Å². The van der Waals surface area contributed by atoms with Crippen molar-refractivity contribution in [1.29, 1.82) is 0 Å². The molecular weight excluding hydrogens is 324 g/mol. The van der Waals surface area contributed by atoms with Crippen molar-refractivity contribution < 1.29 is 4.79 Å². The van der Waals surface area contributed by atoms with Gasteiger partial charge in [-0.25, -0.2) is 0 Å². The Hall–Kier alpha value is -2.80. The zero-order chi connectivity index (χ0) is 16.5. The molecule has 0 bridgehead atoms. The lowest BCUT2D eigenvalue weighted by Crippen LogP contribution is -2.19. The molecule has 0 saturated carbocycles. The van der Waals surface area contributed by atoms with Crippen molar-refractivity contribution in [2.45, 2.75) is 0 Å². The number of aromatic amines is 1. The van der Waals surface area contributed by atoms with E-state index in [1.165, 1.54) is 18.3 Å².